The Morgan fingerprint density at radius 3 is 2.50 bits per heavy atom. The van der Waals surface area contributed by atoms with Crippen LogP contribution in [0.25, 0.3) is 11.0 Å². The number of fused-ring (bicyclic) bond motifs is 4. The minimum Gasteiger partial charge on any atom is -0.507 e. The number of phenols is 1. The van der Waals surface area contributed by atoms with Crippen LogP contribution in [-0.2, 0) is 10.3 Å². The molecule has 2 aliphatic rings. The molecule has 1 aliphatic heterocycles. The third-order valence-electron chi connectivity index (χ3n) is 5.72. The van der Waals surface area contributed by atoms with Gasteiger partial charge >= 0.3 is 0 Å². The van der Waals surface area contributed by atoms with Gasteiger partial charge in [-0.25, -0.2) is 0 Å². The minimum atomic E-state index is -1.97. The van der Waals surface area contributed by atoms with Crippen LogP contribution >= 0.6 is 0 Å². The lowest BCUT2D eigenvalue weighted by Gasteiger charge is -2.24. The van der Waals surface area contributed by atoms with Crippen LogP contribution < -0.4 is 5.43 Å². The number of aliphatic hydroxyl groups excluding tert-OH is 1. The van der Waals surface area contributed by atoms with Crippen molar-refractivity contribution in [3.05, 3.63) is 74.1 Å². The Balaban J connectivity index is 1.88. The van der Waals surface area contributed by atoms with Crippen LogP contribution in [0.4, 0.5) is 0 Å². The van der Waals surface area contributed by atoms with Gasteiger partial charge in [-0.05, 0) is 24.6 Å². The molecule has 0 amide bonds. The minimum absolute atomic E-state index is 0.0404. The first kappa shape index (κ1) is 18.7. The highest BCUT2D eigenvalue weighted by atomic mass is 16.6. The topological polar surface area (TPSA) is 138 Å². The molecular weight excluding hydrogens is 392 g/mol. The first-order chi connectivity index (χ1) is 14.3. The summed E-state index contributed by atoms with van der Waals surface area (Å²) in [5, 5.41) is 30.8. The molecule has 0 spiro atoms. The monoisotopic (exact) mass is 408 g/mol. The summed E-state index contributed by atoms with van der Waals surface area (Å²) < 4.78 is 10.9. The number of hydrogen-bond donors (Lipinski definition) is 3. The maximum atomic E-state index is 13.3. The van der Waals surface area contributed by atoms with E-state index in [0.29, 0.717) is 5.56 Å². The quantitative estimate of drug-likeness (QED) is 0.430. The molecule has 0 radical (unpaired) electrons. The first-order valence-corrected chi connectivity index (χ1v) is 9.26. The third-order valence-corrected chi connectivity index (χ3v) is 5.72. The summed E-state index contributed by atoms with van der Waals surface area (Å²) in [5.41, 5.74) is -2.49. The van der Waals surface area contributed by atoms with Crippen molar-refractivity contribution < 1.29 is 34.1 Å². The van der Waals surface area contributed by atoms with E-state index in [1.54, 1.807) is 6.92 Å². The maximum absolute atomic E-state index is 13.3. The number of epoxide rings is 1. The SMILES string of the molecule is Cc1cc2c(c3oc(C(O)(CO)C4CO4)cc(=O)c13)C(=O)c1c(O)cccc1C2=O. The van der Waals surface area contributed by atoms with Gasteiger partial charge in [0.05, 0.1) is 29.7 Å². The highest BCUT2D eigenvalue weighted by Crippen LogP contribution is 2.39. The van der Waals surface area contributed by atoms with E-state index in [1.807, 2.05) is 0 Å². The Kier molecular flexibility index (Phi) is 3.79. The van der Waals surface area contributed by atoms with Gasteiger partial charge in [-0.1, -0.05) is 12.1 Å². The Labute approximate surface area is 168 Å². The van der Waals surface area contributed by atoms with E-state index in [1.165, 1.54) is 24.3 Å². The van der Waals surface area contributed by atoms with E-state index in [4.69, 9.17) is 9.15 Å². The zero-order chi connectivity index (χ0) is 21.4. The van der Waals surface area contributed by atoms with Crippen molar-refractivity contribution in [3.8, 4) is 5.75 Å². The van der Waals surface area contributed by atoms with Gasteiger partial charge in [0.2, 0.25) is 5.78 Å². The molecule has 2 aromatic carbocycles. The van der Waals surface area contributed by atoms with Crippen molar-refractivity contribution >= 4 is 22.5 Å². The molecule has 8 heteroatoms. The van der Waals surface area contributed by atoms with E-state index in [2.05, 4.69) is 0 Å². The van der Waals surface area contributed by atoms with Crippen LogP contribution in [0.1, 0.15) is 43.2 Å². The molecule has 1 aromatic heterocycles. The van der Waals surface area contributed by atoms with Gasteiger partial charge in [0, 0.05) is 17.2 Å². The summed E-state index contributed by atoms with van der Waals surface area (Å²) in [7, 11) is 0. The normalized spacial score (nSPS) is 19.4. The zero-order valence-corrected chi connectivity index (χ0v) is 15.8. The predicted octanol–water partition coefficient (Wildman–Crippen LogP) is 1.16. The Hall–Kier alpha value is -3.33. The second-order valence-electron chi connectivity index (χ2n) is 7.56. The predicted molar refractivity (Wildman–Crippen MR) is 103 cm³/mol. The van der Waals surface area contributed by atoms with Gasteiger partial charge in [0.15, 0.2) is 16.8 Å². The lowest BCUT2D eigenvalue weighted by Crippen LogP contribution is -2.37. The first-order valence-electron chi connectivity index (χ1n) is 9.26. The summed E-state index contributed by atoms with van der Waals surface area (Å²) >= 11 is 0. The Morgan fingerprint density at radius 1 is 1.10 bits per heavy atom. The largest absolute Gasteiger partial charge is 0.507 e. The average molecular weight is 408 g/mol. The molecule has 0 bridgehead atoms. The van der Waals surface area contributed by atoms with Gasteiger partial charge in [0.25, 0.3) is 0 Å². The van der Waals surface area contributed by atoms with Gasteiger partial charge in [-0.3, -0.25) is 14.4 Å². The van der Waals surface area contributed by atoms with E-state index in [-0.39, 0.29) is 51.3 Å². The summed E-state index contributed by atoms with van der Waals surface area (Å²) in [6.07, 6.45) is -0.758. The van der Waals surface area contributed by atoms with Crippen LogP contribution in [0.3, 0.4) is 0 Å². The van der Waals surface area contributed by atoms with Gasteiger partial charge in [0.1, 0.15) is 23.2 Å². The molecule has 2 atom stereocenters. The highest BCUT2D eigenvalue weighted by Gasteiger charge is 2.49. The Bertz CT molecular complexity index is 1330. The molecule has 2 heterocycles. The van der Waals surface area contributed by atoms with Gasteiger partial charge < -0.3 is 24.5 Å². The standard InChI is InChI=1S/C22H16O8/c1-9-5-11-18(20(27)17-10(19(11)26)3-2-4-12(17)24)21-16(9)13(25)6-14(30-21)22(28,8-23)15-7-29-15/h2-6,15,23-24,28H,7-8H2,1H3. The van der Waals surface area contributed by atoms with Gasteiger partial charge in [-0.15, -0.1) is 0 Å². The molecule has 1 saturated heterocycles. The van der Waals surface area contributed by atoms with Crippen molar-refractivity contribution in [1.82, 2.24) is 0 Å². The number of ether oxygens (including phenoxy) is 1. The van der Waals surface area contributed by atoms with Crippen LogP contribution in [0.15, 0.2) is 39.5 Å². The summed E-state index contributed by atoms with van der Waals surface area (Å²) in [5.74, 6) is -1.78. The zero-order valence-electron chi connectivity index (χ0n) is 15.8. The van der Waals surface area contributed by atoms with Crippen molar-refractivity contribution in [2.75, 3.05) is 13.2 Å². The van der Waals surface area contributed by atoms with Crippen molar-refractivity contribution in [3.63, 3.8) is 0 Å². The number of hydrogen-bond acceptors (Lipinski definition) is 8. The fourth-order valence-electron chi connectivity index (χ4n) is 4.04. The van der Waals surface area contributed by atoms with Crippen molar-refractivity contribution in [2.45, 2.75) is 18.6 Å². The third kappa shape index (κ3) is 2.35. The molecule has 8 nitrogen and oxygen atoms in total. The summed E-state index contributed by atoms with van der Waals surface area (Å²) in [6, 6.07) is 6.71. The molecule has 152 valence electrons. The molecular formula is C22H16O8. The second-order valence-corrected chi connectivity index (χ2v) is 7.56. The fourth-order valence-corrected chi connectivity index (χ4v) is 4.04. The number of carbonyl (C=O) groups is 2. The molecule has 3 N–H and O–H groups in total. The van der Waals surface area contributed by atoms with E-state index in [0.717, 1.165) is 6.07 Å². The van der Waals surface area contributed by atoms with Crippen LogP contribution in [-0.4, -0.2) is 46.2 Å². The fraction of sp³-hybridized carbons (Fsp3) is 0.227. The molecule has 1 fully saturated rings. The average Bonchev–Trinajstić information content (AvgIpc) is 3.56. The molecule has 3 aromatic rings. The number of ketones is 2. The molecule has 2 unspecified atom stereocenters. The number of aromatic hydroxyl groups is 1. The number of aliphatic hydroxyl groups is 2. The van der Waals surface area contributed by atoms with E-state index >= 15 is 0 Å². The molecule has 5 rings (SSSR count). The maximum Gasteiger partial charge on any atom is 0.202 e. The van der Waals surface area contributed by atoms with Crippen LogP contribution in [0, 0.1) is 6.92 Å². The Morgan fingerprint density at radius 2 is 1.83 bits per heavy atom. The van der Waals surface area contributed by atoms with E-state index in [9.17, 15) is 29.7 Å². The van der Waals surface area contributed by atoms with Crippen LogP contribution in [0.2, 0.25) is 0 Å². The molecule has 0 saturated carbocycles. The number of benzene rings is 2. The van der Waals surface area contributed by atoms with Crippen molar-refractivity contribution in [2.24, 2.45) is 0 Å². The molecule has 30 heavy (non-hydrogen) atoms. The van der Waals surface area contributed by atoms with Gasteiger partial charge in [-0.2, -0.15) is 0 Å². The number of rotatable bonds is 3. The van der Waals surface area contributed by atoms with Crippen LogP contribution in [0.5, 0.6) is 5.75 Å². The number of carbonyl (C=O) groups excluding carboxylic acids is 2. The molecule has 1 aliphatic carbocycles. The number of aryl methyl sites for hydroxylation is 1. The lowest BCUT2D eigenvalue weighted by molar-refractivity contribution is -0.0561. The smallest absolute Gasteiger partial charge is 0.202 e. The second kappa shape index (κ2) is 6.09. The summed E-state index contributed by atoms with van der Waals surface area (Å²) in [6.45, 7) is 1.01. The van der Waals surface area contributed by atoms with E-state index < -0.39 is 35.3 Å². The highest BCUT2D eigenvalue weighted by molar-refractivity contribution is 6.32. The lowest BCUT2D eigenvalue weighted by atomic mass is 9.81. The summed E-state index contributed by atoms with van der Waals surface area (Å²) in [4.78, 5) is 39.2. The number of phenolic OH excluding ortho intramolecular Hbond substituents is 1. The van der Waals surface area contributed by atoms with Crippen molar-refractivity contribution in [1.29, 1.82) is 0 Å².